The van der Waals surface area contributed by atoms with Crippen molar-refractivity contribution in [3.63, 3.8) is 0 Å². The molecule has 7 heteroatoms. The summed E-state index contributed by atoms with van der Waals surface area (Å²) in [6.07, 6.45) is 8.00. The molecule has 4 aromatic rings. The Hall–Kier alpha value is -3.87. The Labute approximate surface area is 160 Å². The number of hydrogen-bond donors (Lipinski definition) is 1. The Balaban J connectivity index is 1.77. The zero-order chi connectivity index (χ0) is 19.1. The maximum absolute atomic E-state index is 11.8. The van der Waals surface area contributed by atoms with Gasteiger partial charge in [0.1, 0.15) is 6.33 Å². The fourth-order valence-electron chi connectivity index (χ4n) is 3.70. The first kappa shape index (κ1) is 16.3. The van der Waals surface area contributed by atoms with Crippen LogP contribution in [-0.2, 0) is 12.8 Å². The molecule has 1 aliphatic carbocycles. The molecule has 0 unspecified atom stereocenters. The van der Waals surface area contributed by atoms with Crippen LogP contribution in [0.1, 0.15) is 21.6 Å². The highest BCUT2D eigenvalue weighted by molar-refractivity contribution is 5.91. The van der Waals surface area contributed by atoms with Crippen LogP contribution < -0.4 is 0 Å². The van der Waals surface area contributed by atoms with Gasteiger partial charge in [-0.05, 0) is 36.1 Å². The van der Waals surface area contributed by atoms with Gasteiger partial charge in [0.2, 0.25) is 0 Å². The largest absolute Gasteiger partial charge is 0.476 e. The standard InChI is InChI=1S/C21H15N5O2/c27-21(28)19-16-6-5-13-3-4-14(15-2-1-8-22-11-15)10-17(13)20(16)26(25-19)18-7-9-23-12-24-18/h1-4,7-12H,5-6H2,(H,27,28). The van der Waals surface area contributed by atoms with Crippen LogP contribution in [0.3, 0.4) is 0 Å². The highest BCUT2D eigenvalue weighted by Gasteiger charge is 2.29. The Kier molecular flexibility index (Phi) is 3.72. The van der Waals surface area contributed by atoms with Crippen molar-refractivity contribution in [3.05, 3.63) is 78.1 Å². The van der Waals surface area contributed by atoms with E-state index in [0.717, 1.165) is 39.9 Å². The number of hydrogen-bond acceptors (Lipinski definition) is 5. The average Bonchev–Trinajstić information content (AvgIpc) is 3.15. The molecule has 28 heavy (non-hydrogen) atoms. The van der Waals surface area contributed by atoms with Crippen LogP contribution in [0.5, 0.6) is 0 Å². The van der Waals surface area contributed by atoms with Gasteiger partial charge in [0, 0.05) is 41.3 Å². The minimum absolute atomic E-state index is 0.0750. The topological polar surface area (TPSA) is 93.8 Å². The number of benzene rings is 1. The molecule has 0 saturated heterocycles. The Morgan fingerprint density at radius 1 is 1.04 bits per heavy atom. The number of carboxylic acid groups (broad SMARTS) is 1. The van der Waals surface area contributed by atoms with Gasteiger partial charge in [-0.1, -0.05) is 18.2 Å². The molecular formula is C21H15N5O2. The predicted octanol–water partition coefficient (Wildman–Crippen LogP) is 3.19. The van der Waals surface area contributed by atoms with E-state index in [1.807, 2.05) is 18.3 Å². The Bertz CT molecular complexity index is 1190. The van der Waals surface area contributed by atoms with Gasteiger partial charge in [0.25, 0.3) is 0 Å². The molecule has 1 aliphatic rings. The van der Waals surface area contributed by atoms with Gasteiger partial charge in [-0.2, -0.15) is 5.10 Å². The zero-order valence-corrected chi connectivity index (χ0v) is 14.8. The van der Waals surface area contributed by atoms with E-state index in [-0.39, 0.29) is 5.69 Å². The first-order valence-corrected chi connectivity index (χ1v) is 8.87. The van der Waals surface area contributed by atoms with Gasteiger partial charge in [-0.15, -0.1) is 0 Å². The molecule has 5 rings (SSSR count). The number of carboxylic acids is 1. The molecule has 136 valence electrons. The lowest BCUT2D eigenvalue weighted by Crippen LogP contribution is -2.09. The predicted molar refractivity (Wildman–Crippen MR) is 102 cm³/mol. The molecule has 1 aromatic carbocycles. The van der Waals surface area contributed by atoms with Crippen molar-refractivity contribution in [2.24, 2.45) is 0 Å². The van der Waals surface area contributed by atoms with Crippen molar-refractivity contribution in [2.45, 2.75) is 12.8 Å². The summed E-state index contributed by atoms with van der Waals surface area (Å²) < 4.78 is 1.62. The molecule has 3 heterocycles. The van der Waals surface area contributed by atoms with E-state index in [1.165, 1.54) is 6.33 Å². The van der Waals surface area contributed by atoms with Gasteiger partial charge < -0.3 is 5.11 Å². The van der Waals surface area contributed by atoms with Gasteiger partial charge >= 0.3 is 5.97 Å². The number of aryl methyl sites for hydroxylation is 1. The molecule has 7 nitrogen and oxygen atoms in total. The highest BCUT2D eigenvalue weighted by Crippen LogP contribution is 2.38. The number of pyridine rings is 1. The summed E-state index contributed by atoms with van der Waals surface area (Å²) in [5.41, 5.74) is 5.75. The normalized spacial score (nSPS) is 12.3. The summed E-state index contributed by atoms with van der Waals surface area (Å²) >= 11 is 0. The van der Waals surface area contributed by atoms with Crippen molar-refractivity contribution in [3.8, 4) is 28.2 Å². The minimum Gasteiger partial charge on any atom is -0.476 e. The van der Waals surface area contributed by atoms with Crippen molar-refractivity contribution in [1.29, 1.82) is 0 Å². The molecule has 0 aliphatic heterocycles. The van der Waals surface area contributed by atoms with Crippen molar-refractivity contribution < 1.29 is 9.90 Å². The summed E-state index contributed by atoms with van der Waals surface area (Å²) in [6.45, 7) is 0. The zero-order valence-electron chi connectivity index (χ0n) is 14.8. The van der Waals surface area contributed by atoms with Crippen molar-refractivity contribution >= 4 is 5.97 Å². The first-order chi connectivity index (χ1) is 13.7. The van der Waals surface area contributed by atoms with E-state index in [2.05, 4.69) is 38.2 Å². The number of aromatic nitrogens is 5. The lowest BCUT2D eigenvalue weighted by Gasteiger charge is -2.19. The molecule has 0 bridgehead atoms. The van der Waals surface area contributed by atoms with Crippen molar-refractivity contribution in [1.82, 2.24) is 24.7 Å². The second-order valence-electron chi connectivity index (χ2n) is 6.57. The lowest BCUT2D eigenvalue weighted by molar-refractivity contribution is 0.0688. The number of fused-ring (bicyclic) bond motifs is 3. The van der Waals surface area contributed by atoms with E-state index >= 15 is 0 Å². The molecular weight excluding hydrogens is 354 g/mol. The van der Waals surface area contributed by atoms with E-state index in [0.29, 0.717) is 12.2 Å². The van der Waals surface area contributed by atoms with Crippen LogP contribution in [0.25, 0.3) is 28.2 Å². The van der Waals surface area contributed by atoms with E-state index in [4.69, 9.17) is 0 Å². The molecule has 0 atom stereocenters. The molecule has 3 aromatic heterocycles. The highest BCUT2D eigenvalue weighted by atomic mass is 16.4. The van der Waals surface area contributed by atoms with Crippen LogP contribution in [0.4, 0.5) is 0 Å². The fraction of sp³-hybridized carbons (Fsp3) is 0.0952. The summed E-state index contributed by atoms with van der Waals surface area (Å²) in [5.74, 6) is -0.491. The van der Waals surface area contributed by atoms with Crippen LogP contribution in [0, 0.1) is 0 Å². The van der Waals surface area contributed by atoms with Crippen LogP contribution in [0.2, 0.25) is 0 Å². The Morgan fingerprint density at radius 3 is 2.71 bits per heavy atom. The lowest BCUT2D eigenvalue weighted by atomic mass is 9.87. The van der Waals surface area contributed by atoms with Gasteiger partial charge in [0.15, 0.2) is 11.5 Å². The average molecular weight is 369 g/mol. The molecule has 0 fully saturated rings. The summed E-state index contributed by atoms with van der Waals surface area (Å²) in [4.78, 5) is 24.2. The summed E-state index contributed by atoms with van der Waals surface area (Å²) in [7, 11) is 0. The monoisotopic (exact) mass is 369 g/mol. The third-order valence-electron chi connectivity index (χ3n) is 4.97. The third kappa shape index (κ3) is 2.56. The maximum atomic E-state index is 11.8. The second-order valence-corrected chi connectivity index (χ2v) is 6.57. The summed E-state index contributed by atoms with van der Waals surface area (Å²) in [5, 5.41) is 14.0. The quantitative estimate of drug-likeness (QED) is 0.596. The van der Waals surface area contributed by atoms with Crippen LogP contribution in [0.15, 0.2) is 61.3 Å². The third-order valence-corrected chi connectivity index (χ3v) is 4.97. The van der Waals surface area contributed by atoms with Crippen molar-refractivity contribution in [2.75, 3.05) is 0 Å². The van der Waals surface area contributed by atoms with Crippen LogP contribution in [-0.4, -0.2) is 35.8 Å². The van der Waals surface area contributed by atoms with Gasteiger partial charge in [0.05, 0.1) is 5.69 Å². The van der Waals surface area contributed by atoms with E-state index < -0.39 is 5.97 Å². The molecule has 0 saturated carbocycles. The molecule has 1 N–H and O–H groups in total. The second kappa shape index (κ2) is 6.38. The minimum atomic E-state index is -1.03. The van der Waals surface area contributed by atoms with E-state index in [9.17, 15) is 9.90 Å². The smallest absolute Gasteiger partial charge is 0.356 e. The molecule has 0 spiro atoms. The fourth-order valence-corrected chi connectivity index (χ4v) is 3.70. The maximum Gasteiger partial charge on any atom is 0.356 e. The molecule has 0 radical (unpaired) electrons. The van der Waals surface area contributed by atoms with Crippen LogP contribution >= 0.6 is 0 Å². The summed E-state index contributed by atoms with van der Waals surface area (Å²) in [6, 6.07) is 11.9. The SMILES string of the molecule is O=C(O)c1nn(-c2ccncn2)c2c1CCc1ccc(-c3cccnc3)cc1-2. The molecule has 0 amide bonds. The number of nitrogens with zero attached hydrogens (tertiary/aromatic N) is 5. The first-order valence-electron chi connectivity index (χ1n) is 8.87. The van der Waals surface area contributed by atoms with Gasteiger partial charge in [-0.3, -0.25) is 4.98 Å². The van der Waals surface area contributed by atoms with Gasteiger partial charge in [-0.25, -0.2) is 19.4 Å². The van der Waals surface area contributed by atoms with E-state index in [1.54, 1.807) is 23.1 Å². The number of carbonyl (C=O) groups is 1. The number of aromatic carboxylic acids is 1. The Morgan fingerprint density at radius 2 is 1.96 bits per heavy atom. The number of rotatable bonds is 3.